The molecule has 0 aliphatic heterocycles. The molecule has 192 valence electrons. The second-order valence-corrected chi connectivity index (χ2v) is 10.6. The summed E-state index contributed by atoms with van der Waals surface area (Å²) in [5.74, 6) is -0.0998. The molecule has 0 saturated carbocycles. The van der Waals surface area contributed by atoms with Gasteiger partial charge in [0.15, 0.2) is 0 Å². The lowest BCUT2D eigenvalue weighted by Gasteiger charge is -2.33. The van der Waals surface area contributed by atoms with Crippen LogP contribution in [0.25, 0.3) is 0 Å². The molecule has 35 heavy (non-hydrogen) atoms. The number of amides is 2. The average Bonchev–Trinajstić information content (AvgIpc) is 2.82. The predicted molar refractivity (Wildman–Crippen MR) is 139 cm³/mol. The number of para-hydroxylation sites is 1. The molecule has 0 aliphatic carbocycles. The van der Waals surface area contributed by atoms with Crippen LogP contribution in [0.5, 0.6) is 5.75 Å². The Bertz CT molecular complexity index is 1120. The van der Waals surface area contributed by atoms with Crippen molar-refractivity contribution in [2.24, 2.45) is 0 Å². The lowest BCUT2D eigenvalue weighted by Crippen LogP contribution is -2.53. The number of ether oxygens (including phenoxy) is 1. The lowest BCUT2D eigenvalue weighted by molar-refractivity contribution is -0.140. The quantitative estimate of drug-likeness (QED) is 0.478. The highest BCUT2D eigenvalue weighted by Gasteiger charge is 2.32. The van der Waals surface area contributed by atoms with E-state index in [0.29, 0.717) is 17.9 Å². The van der Waals surface area contributed by atoms with Gasteiger partial charge >= 0.3 is 0 Å². The smallest absolute Gasteiger partial charge is 0.244 e. The first kappa shape index (κ1) is 28.2. The number of rotatable bonds is 12. The van der Waals surface area contributed by atoms with Crippen LogP contribution in [0.2, 0.25) is 0 Å². The van der Waals surface area contributed by atoms with E-state index in [1.54, 1.807) is 44.4 Å². The van der Waals surface area contributed by atoms with Crippen molar-refractivity contribution in [2.45, 2.75) is 59.2 Å². The maximum absolute atomic E-state index is 13.7. The molecule has 2 atom stereocenters. The zero-order chi connectivity index (χ0) is 26.2. The molecule has 0 bridgehead atoms. The van der Waals surface area contributed by atoms with Crippen LogP contribution in [-0.2, 0) is 26.2 Å². The fraction of sp³-hybridized carbons (Fsp3) is 0.462. The van der Waals surface area contributed by atoms with Crippen LogP contribution in [-0.4, -0.2) is 57.1 Å². The third kappa shape index (κ3) is 7.71. The number of sulfonamides is 1. The van der Waals surface area contributed by atoms with Crippen LogP contribution in [0, 0.1) is 6.92 Å². The number of hydrogen-bond acceptors (Lipinski definition) is 5. The first-order chi connectivity index (χ1) is 16.5. The van der Waals surface area contributed by atoms with E-state index in [1.807, 2.05) is 39.0 Å². The van der Waals surface area contributed by atoms with Crippen LogP contribution in [0.4, 0.5) is 5.69 Å². The van der Waals surface area contributed by atoms with Crippen LogP contribution in [0.3, 0.4) is 0 Å². The summed E-state index contributed by atoms with van der Waals surface area (Å²) < 4.78 is 31.8. The van der Waals surface area contributed by atoms with Crippen molar-refractivity contribution >= 4 is 27.5 Å². The van der Waals surface area contributed by atoms with Gasteiger partial charge in [-0.3, -0.25) is 13.9 Å². The fourth-order valence-corrected chi connectivity index (χ4v) is 4.67. The molecule has 0 radical (unpaired) electrons. The molecule has 0 fully saturated rings. The molecule has 0 spiro atoms. The third-order valence-corrected chi connectivity index (χ3v) is 7.06. The molecule has 1 N–H and O–H groups in total. The highest BCUT2D eigenvalue weighted by atomic mass is 32.2. The molecule has 0 unspecified atom stereocenters. The van der Waals surface area contributed by atoms with Crippen LogP contribution in [0.15, 0.2) is 48.5 Å². The van der Waals surface area contributed by atoms with Gasteiger partial charge in [-0.1, -0.05) is 44.2 Å². The highest BCUT2D eigenvalue weighted by molar-refractivity contribution is 7.92. The first-order valence-corrected chi connectivity index (χ1v) is 13.6. The maximum Gasteiger partial charge on any atom is 0.244 e. The molecule has 0 heterocycles. The number of nitrogens with one attached hydrogen (secondary N) is 1. The monoisotopic (exact) mass is 503 g/mol. The zero-order valence-corrected chi connectivity index (χ0v) is 22.3. The molecule has 9 heteroatoms. The Morgan fingerprint density at radius 2 is 1.74 bits per heavy atom. The minimum atomic E-state index is -3.76. The Balaban J connectivity index is 2.47. The van der Waals surface area contributed by atoms with E-state index in [4.69, 9.17) is 4.74 Å². The first-order valence-electron chi connectivity index (χ1n) is 11.8. The van der Waals surface area contributed by atoms with Crippen molar-refractivity contribution in [3.8, 4) is 5.75 Å². The summed E-state index contributed by atoms with van der Waals surface area (Å²) in [5, 5.41) is 2.96. The second kappa shape index (κ2) is 12.6. The second-order valence-electron chi connectivity index (χ2n) is 8.67. The van der Waals surface area contributed by atoms with E-state index < -0.39 is 28.5 Å². The summed E-state index contributed by atoms with van der Waals surface area (Å²) in [4.78, 5) is 28.3. The van der Waals surface area contributed by atoms with Gasteiger partial charge in [0.2, 0.25) is 21.8 Å². The van der Waals surface area contributed by atoms with Gasteiger partial charge in [-0.05, 0) is 56.0 Å². The fourth-order valence-electron chi connectivity index (χ4n) is 3.77. The number of nitrogens with zero attached hydrogens (tertiary/aromatic N) is 2. The number of methoxy groups -OCH3 is 1. The molecule has 8 nitrogen and oxygen atoms in total. The van der Waals surface area contributed by atoms with Gasteiger partial charge < -0.3 is 15.0 Å². The van der Waals surface area contributed by atoms with Gasteiger partial charge in [-0.2, -0.15) is 0 Å². The summed E-state index contributed by atoms with van der Waals surface area (Å²) in [6.07, 6.45) is 2.20. The van der Waals surface area contributed by atoms with E-state index in [2.05, 4.69) is 5.32 Å². The summed E-state index contributed by atoms with van der Waals surface area (Å²) in [6.45, 7) is 7.22. The van der Waals surface area contributed by atoms with Gasteiger partial charge in [0.25, 0.3) is 0 Å². The molecule has 0 aliphatic rings. The molecule has 2 rings (SSSR count). The zero-order valence-electron chi connectivity index (χ0n) is 21.4. The van der Waals surface area contributed by atoms with Gasteiger partial charge in [0.1, 0.15) is 18.3 Å². The lowest BCUT2D eigenvalue weighted by atomic mass is 10.1. The largest absolute Gasteiger partial charge is 0.497 e. The summed E-state index contributed by atoms with van der Waals surface area (Å²) in [7, 11) is -2.20. The van der Waals surface area contributed by atoms with Crippen LogP contribution < -0.4 is 14.4 Å². The molecule has 2 aromatic rings. The minimum absolute atomic E-state index is 0.0511. The molecular weight excluding hydrogens is 466 g/mol. The highest BCUT2D eigenvalue weighted by Crippen LogP contribution is 2.23. The Kier molecular flexibility index (Phi) is 10.1. The Morgan fingerprint density at radius 1 is 1.06 bits per heavy atom. The number of carbonyl (C=O) groups is 2. The number of anilines is 1. The standard InChI is InChI=1S/C26H37N3O5S/c1-7-20(4)27-26(31)23(8-2)28(17-21-13-11-14-22(16-21)34-5)25(30)18-29(35(6,32)33)24-15-10-9-12-19(24)3/h9-16,20,23H,7-8,17-18H2,1-6H3,(H,27,31)/t20-,23+/m1/s1. The summed E-state index contributed by atoms with van der Waals surface area (Å²) in [5.41, 5.74) is 1.93. The topological polar surface area (TPSA) is 96.0 Å². The third-order valence-electron chi connectivity index (χ3n) is 5.94. The van der Waals surface area contributed by atoms with Crippen LogP contribution in [0.1, 0.15) is 44.7 Å². The van der Waals surface area contributed by atoms with Crippen LogP contribution >= 0.6 is 0 Å². The maximum atomic E-state index is 13.7. The van der Waals surface area contributed by atoms with E-state index in [-0.39, 0.29) is 18.5 Å². The van der Waals surface area contributed by atoms with E-state index in [9.17, 15) is 18.0 Å². The van der Waals surface area contributed by atoms with E-state index >= 15 is 0 Å². The molecular formula is C26H37N3O5S. The van der Waals surface area contributed by atoms with Crippen molar-refractivity contribution in [2.75, 3.05) is 24.2 Å². The normalized spacial score (nSPS) is 13.0. The Morgan fingerprint density at radius 3 is 2.31 bits per heavy atom. The van der Waals surface area contributed by atoms with E-state index in [1.165, 1.54) is 4.90 Å². The van der Waals surface area contributed by atoms with Gasteiger partial charge in [0, 0.05) is 12.6 Å². The number of benzene rings is 2. The molecule has 2 amide bonds. The number of aryl methyl sites for hydroxylation is 1. The molecule has 2 aromatic carbocycles. The van der Waals surface area contributed by atoms with Gasteiger partial charge in [0.05, 0.1) is 19.1 Å². The van der Waals surface area contributed by atoms with Crippen molar-refractivity contribution < 1.29 is 22.7 Å². The minimum Gasteiger partial charge on any atom is -0.497 e. The van der Waals surface area contributed by atoms with Crippen molar-refractivity contribution in [3.05, 3.63) is 59.7 Å². The van der Waals surface area contributed by atoms with Gasteiger partial charge in [-0.15, -0.1) is 0 Å². The SMILES string of the molecule is CC[C@@H](C)NC(=O)[C@H](CC)N(Cc1cccc(OC)c1)C(=O)CN(c1ccccc1C)S(C)(=O)=O. The van der Waals surface area contributed by atoms with Crippen molar-refractivity contribution in [3.63, 3.8) is 0 Å². The summed E-state index contributed by atoms with van der Waals surface area (Å²) in [6, 6.07) is 13.4. The van der Waals surface area contributed by atoms with Crippen molar-refractivity contribution in [1.29, 1.82) is 0 Å². The summed E-state index contributed by atoms with van der Waals surface area (Å²) >= 11 is 0. The Hall–Kier alpha value is -3.07. The Labute approximate surface area is 209 Å². The van der Waals surface area contributed by atoms with Crippen molar-refractivity contribution in [1.82, 2.24) is 10.2 Å². The average molecular weight is 504 g/mol. The van der Waals surface area contributed by atoms with Gasteiger partial charge in [-0.25, -0.2) is 8.42 Å². The molecule has 0 aromatic heterocycles. The molecule has 0 saturated heterocycles. The number of hydrogen-bond donors (Lipinski definition) is 1. The van der Waals surface area contributed by atoms with E-state index in [0.717, 1.165) is 28.1 Å². The predicted octanol–water partition coefficient (Wildman–Crippen LogP) is 3.49. The number of carbonyl (C=O) groups excluding carboxylic acids is 2.